The van der Waals surface area contributed by atoms with E-state index in [4.69, 9.17) is 4.74 Å². The summed E-state index contributed by atoms with van der Waals surface area (Å²) in [6.45, 7) is 5.41. The number of alkyl halides is 1. The van der Waals surface area contributed by atoms with E-state index in [1.807, 2.05) is 0 Å². The molecule has 0 aromatic carbocycles. The Labute approximate surface area is 84.0 Å². The Morgan fingerprint density at radius 1 is 1.43 bits per heavy atom. The second-order valence-corrected chi connectivity index (χ2v) is 4.75. The molecule has 0 aliphatic heterocycles. The number of alkyl carbamates (subject to hydrolysis) is 1. The first-order valence-corrected chi connectivity index (χ1v) is 5.00. The highest BCUT2D eigenvalue weighted by Crippen LogP contribution is 2.22. The molecular weight excluding hydrogens is 185 g/mol. The van der Waals surface area contributed by atoms with E-state index in [-0.39, 0.29) is 6.04 Å². The van der Waals surface area contributed by atoms with Gasteiger partial charge in [-0.15, -0.1) is 0 Å². The van der Waals surface area contributed by atoms with Crippen LogP contribution in [-0.4, -0.2) is 23.9 Å². The van der Waals surface area contributed by atoms with Crippen LogP contribution in [0.1, 0.15) is 40.0 Å². The van der Waals surface area contributed by atoms with E-state index in [0.717, 1.165) is 0 Å². The summed E-state index contributed by atoms with van der Waals surface area (Å²) in [5.74, 6) is 0. The molecule has 1 amide bonds. The van der Waals surface area contributed by atoms with E-state index in [1.54, 1.807) is 20.8 Å². The fourth-order valence-corrected chi connectivity index (χ4v) is 1.53. The average molecular weight is 203 g/mol. The number of hydrogen-bond donors (Lipinski definition) is 1. The molecular formula is C10H18FNO2. The Kier molecular flexibility index (Phi) is 3.34. The zero-order valence-electron chi connectivity index (χ0n) is 8.97. The van der Waals surface area contributed by atoms with E-state index >= 15 is 0 Å². The fraction of sp³-hybridized carbons (Fsp3) is 0.900. The van der Waals surface area contributed by atoms with Crippen LogP contribution in [0.5, 0.6) is 0 Å². The van der Waals surface area contributed by atoms with Crippen LogP contribution in [0, 0.1) is 0 Å². The van der Waals surface area contributed by atoms with Gasteiger partial charge in [0.2, 0.25) is 0 Å². The zero-order chi connectivity index (χ0) is 10.8. The summed E-state index contributed by atoms with van der Waals surface area (Å²) in [5.41, 5.74) is -0.488. The summed E-state index contributed by atoms with van der Waals surface area (Å²) in [5, 5.41) is 2.66. The first-order chi connectivity index (χ1) is 6.37. The van der Waals surface area contributed by atoms with Gasteiger partial charge in [-0.1, -0.05) is 0 Å². The standard InChI is InChI=1S/C10H18FNO2/c1-10(2,3)14-9(13)12-8-5-4-7(11)6-8/h7-8H,4-6H2,1-3H3,(H,12,13)/t7-,8+/m1/s1. The molecule has 1 aliphatic carbocycles. The van der Waals surface area contributed by atoms with Crippen LogP contribution in [0.2, 0.25) is 0 Å². The van der Waals surface area contributed by atoms with E-state index in [0.29, 0.717) is 19.3 Å². The number of carbonyl (C=O) groups excluding carboxylic acids is 1. The van der Waals surface area contributed by atoms with Gasteiger partial charge in [0.25, 0.3) is 0 Å². The number of halogens is 1. The van der Waals surface area contributed by atoms with Gasteiger partial charge < -0.3 is 10.1 Å². The molecule has 0 bridgehead atoms. The molecule has 1 saturated carbocycles. The monoisotopic (exact) mass is 203 g/mol. The molecule has 1 fully saturated rings. The van der Waals surface area contributed by atoms with Gasteiger partial charge in [-0.2, -0.15) is 0 Å². The van der Waals surface area contributed by atoms with Crippen LogP contribution in [0.4, 0.5) is 9.18 Å². The van der Waals surface area contributed by atoms with Gasteiger partial charge >= 0.3 is 6.09 Å². The van der Waals surface area contributed by atoms with Crippen molar-refractivity contribution in [3.63, 3.8) is 0 Å². The summed E-state index contributed by atoms with van der Waals surface area (Å²) in [7, 11) is 0. The maximum Gasteiger partial charge on any atom is 0.407 e. The van der Waals surface area contributed by atoms with E-state index in [2.05, 4.69) is 5.32 Å². The zero-order valence-corrected chi connectivity index (χ0v) is 8.97. The molecule has 82 valence electrons. The van der Waals surface area contributed by atoms with Crippen LogP contribution >= 0.6 is 0 Å². The highest BCUT2D eigenvalue weighted by atomic mass is 19.1. The summed E-state index contributed by atoms with van der Waals surface area (Å²) in [4.78, 5) is 11.3. The van der Waals surface area contributed by atoms with Crippen molar-refractivity contribution in [3.05, 3.63) is 0 Å². The Morgan fingerprint density at radius 2 is 2.07 bits per heavy atom. The van der Waals surface area contributed by atoms with Gasteiger partial charge in [-0.25, -0.2) is 9.18 Å². The Bertz CT molecular complexity index is 213. The summed E-state index contributed by atoms with van der Waals surface area (Å²) < 4.78 is 17.8. The number of rotatable bonds is 1. The van der Waals surface area contributed by atoms with Gasteiger partial charge in [0.05, 0.1) is 0 Å². The Hall–Kier alpha value is -0.800. The normalized spacial score (nSPS) is 27.4. The fourth-order valence-electron chi connectivity index (χ4n) is 1.53. The van der Waals surface area contributed by atoms with Gasteiger partial charge in [-0.05, 0) is 40.0 Å². The predicted octanol–water partition coefficient (Wildman–Crippen LogP) is 2.40. The molecule has 0 unspecified atom stereocenters. The lowest BCUT2D eigenvalue weighted by atomic mass is 10.2. The molecule has 0 spiro atoms. The minimum Gasteiger partial charge on any atom is -0.444 e. The van der Waals surface area contributed by atoms with Crippen LogP contribution < -0.4 is 5.32 Å². The predicted molar refractivity (Wildman–Crippen MR) is 51.9 cm³/mol. The lowest BCUT2D eigenvalue weighted by Crippen LogP contribution is -2.38. The number of ether oxygens (including phenoxy) is 1. The van der Waals surface area contributed by atoms with Crippen molar-refractivity contribution in [3.8, 4) is 0 Å². The SMILES string of the molecule is CC(C)(C)OC(=O)N[C@H]1CC[C@@H](F)C1. The summed E-state index contributed by atoms with van der Waals surface area (Å²) >= 11 is 0. The molecule has 0 heterocycles. The average Bonchev–Trinajstić information content (AvgIpc) is 2.30. The maximum atomic E-state index is 12.8. The van der Waals surface area contributed by atoms with Gasteiger partial charge in [-0.3, -0.25) is 0 Å². The third-order valence-corrected chi connectivity index (χ3v) is 2.09. The molecule has 0 saturated heterocycles. The van der Waals surface area contributed by atoms with E-state index in [9.17, 15) is 9.18 Å². The minimum atomic E-state index is -0.769. The van der Waals surface area contributed by atoms with Crippen molar-refractivity contribution < 1.29 is 13.9 Å². The number of hydrogen-bond acceptors (Lipinski definition) is 2. The van der Waals surface area contributed by atoms with Gasteiger partial charge in [0.15, 0.2) is 0 Å². The lowest BCUT2D eigenvalue weighted by Gasteiger charge is -2.21. The molecule has 1 rings (SSSR count). The Balaban J connectivity index is 2.27. The Morgan fingerprint density at radius 3 is 2.50 bits per heavy atom. The highest BCUT2D eigenvalue weighted by Gasteiger charge is 2.27. The molecule has 2 atom stereocenters. The summed E-state index contributed by atoms with van der Waals surface area (Å²) in [6, 6.07) is -0.0557. The molecule has 0 aromatic rings. The van der Waals surface area contributed by atoms with Crippen molar-refractivity contribution in [2.45, 2.75) is 57.8 Å². The van der Waals surface area contributed by atoms with Gasteiger partial charge in [0.1, 0.15) is 11.8 Å². The quantitative estimate of drug-likeness (QED) is 0.710. The van der Waals surface area contributed by atoms with Crippen molar-refractivity contribution >= 4 is 6.09 Å². The van der Waals surface area contributed by atoms with Gasteiger partial charge in [0, 0.05) is 6.04 Å². The van der Waals surface area contributed by atoms with E-state index in [1.165, 1.54) is 0 Å². The van der Waals surface area contributed by atoms with Crippen molar-refractivity contribution in [1.29, 1.82) is 0 Å². The highest BCUT2D eigenvalue weighted by molar-refractivity contribution is 5.68. The summed E-state index contributed by atoms with van der Waals surface area (Å²) in [6.07, 6.45) is 0.451. The third kappa shape index (κ3) is 3.94. The van der Waals surface area contributed by atoms with Crippen LogP contribution in [0.25, 0.3) is 0 Å². The smallest absolute Gasteiger partial charge is 0.407 e. The maximum absolute atomic E-state index is 12.8. The lowest BCUT2D eigenvalue weighted by molar-refractivity contribution is 0.0504. The van der Waals surface area contributed by atoms with Crippen molar-refractivity contribution in [2.24, 2.45) is 0 Å². The molecule has 0 radical (unpaired) electrons. The second-order valence-electron chi connectivity index (χ2n) is 4.75. The molecule has 4 heteroatoms. The molecule has 0 aromatic heterocycles. The molecule has 1 N–H and O–H groups in total. The molecule has 3 nitrogen and oxygen atoms in total. The minimum absolute atomic E-state index is 0.0557. The number of amides is 1. The van der Waals surface area contributed by atoms with Crippen molar-refractivity contribution in [1.82, 2.24) is 5.32 Å². The first-order valence-electron chi connectivity index (χ1n) is 5.00. The van der Waals surface area contributed by atoms with Crippen LogP contribution in [0.3, 0.4) is 0 Å². The first kappa shape index (κ1) is 11.3. The molecule has 14 heavy (non-hydrogen) atoms. The second kappa shape index (κ2) is 4.15. The largest absolute Gasteiger partial charge is 0.444 e. The molecule has 1 aliphatic rings. The topological polar surface area (TPSA) is 38.3 Å². The number of nitrogens with one attached hydrogen (secondary N) is 1. The van der Waals surface area contributed by atoms with Crippen molar-refractivity contribution in [2.75, 3.05) is 0 Å². The third-order valence-electron chi connectivity index (χ3n) is 2.09. The van der Waals surface area contributed by atoms with E-state index < -0.39 is 17.9 Å². The van der Waals surface area contributed by atoms with Crippen LogP contribution in [0.15, 0.2) is 0 Å². The van der Waals surface area contributed by atoms with Crippen LogP contribution in [-0.2, 0) is 4.74 Å². The number of carbonyl (C=O) groups is 1.